The molecule has 0 aliphatic heterocycles. The number of amides is 2. The highest BCUT2D eigenvalue weighted by Gasteiger charge is 2.40. The van der Waals surface area contributed by atoms with Gasteiger partial charge in [0.15, 0.2) is 0 Å². The number of hydrogen-bond acceptors (Lipinski definition) is 5. The topological polar surface area (TPSA) is 65.1 Å². The summed E-state index contributed by atoms with van der Waals surface area (Å²) in [7, 11) is 1.59. The van der Waals surface area contributed by atoms with Crippen molar-refractivity contribution < 1.29 is 23.8 Å². The molecule has 1 aliphatic carbocycles. The first-order chi connectivity index (χ1) is 11.9. The van der Waals surface area contributed by atoms with Crippen molar-refractivity contribution in [1.29, 1.82) is 0 Å². The third kappa shape index (κ3) is 4.90. The molecular weight excluding hydrogens is 334 g/mol. The van der Waals surface area contributed by atoms with E-state index in [1.165, 1.54) is 0 Å². The summed E-state index contributed by atoms with van der Waals surface area (Å²) in [6.45, 7) is 10.6. The van der Waals surface area contributed by atoms with Gasteiger partial charge in [-0.25, -0.2) is 14.5 Å². The van der Waals surface area contributed by atoms with Crippen LogP contribution >= 0.6 is 0 Å². The van der Waals surface area contributed by atoms with Gasteiger partial charge in [0.2, 0.25) is 0 Å². The normalized spacial score (nSPS) is 16.7. The fraction of sp³-hybridized carbons (Fsp3) is 0.600. The van der Waals surface area contributed by atoms with Crippen molar-refractivity contribution in [2.45, 2.75) is 71.6 Å². The van der Waals surface area contributed by atoms with E-state index in [-0.39, 0.29) is 0 Å². The first-order valence-corrected chi connectivity index (χ1v) is 8.83. The molecule has 0 aromatic heterocycles. The quantitative estimate of drug-likeness (QED) is 0.751. The summed E-state index contributed by atoms with van der Waals surface area (Å²) in [6, 6.07) is 5.28. The molecule has 2 amide bonds. The van der Waals surface area contributed by atoms with Gasteiger partial charge in [0.05, 0.1) is 13.2 Å². The van der Waals surface area contributed by atoms with Gasteiger partial charge in [-0.15, -0.1) is 0 Å². The molecular formula is C20H29NO5. The van der Waals surface area contributed by atoms with Crippen LogP contribution in [0.4, 0.5) is 9.59 Å². The molecule has 0 bridgehead atoms. The summed E-state index contributed by atoms with van der Waals surface area (Å²) in [5.41, 5.74) is 0.550. The first-order valence-electron chi connectivity index (χ1n) is 8.83. The van der Waals surface area contributed by atoms with E-state index >= 15 is 0 Å². The number of rotatable bonds is 2. The summed E-state index contributed by atoms with van der Waals surface area (Å²) in [4.78, 5) is 26.7. The maximum absolute atomic E-state index is 12.8. The van der Waals surface area contributed by atoms with Gasteiger partial charge in [-0.1, -0.05) is 6.07 Å². The second-order valence-electron chi connectivity index (χ2n) is 8.45. The van der Waals surface area contributed by atoms with Crippen LogP contribution in [0, 0.1) is 0 Å². The van der Waals surface area contributed by atoms with E-state index in [1.54, 1.807) is 48.7 Å². The number of benzene rings is 1. The van der Waals surface area contributed by atoms with Gasteiger partial charge < -0.3 is 14.2 Å². The van der Waals surface area contributed by atoms with Crippen LogP contribution in [-0.2, 0) is 15.9 Å². The minimum atomic E-state index is -0.715. The zero-order valence-electron chi connectivity index (χ0n) is 16.7. The van der Waals surface area contributed by atoms with E-state index in [2.05, 4.69) is 0 Å². The SMILES string of the molecule is COc1ccc2c(c1)C(N(C(=O)OC(C)(C)C)C(=O)OC(C)(C)C)CC2. The number of carbonyl (C=O) groups excluding carboxylic acids is 2. The lowest BCUT2D eigenvalue weighted by Crippen LogP contribution is -2.45. The van der Waals surface area contributed by atoms with Gasteiger partial charge in [-0.2, -0.15) is 0 Å². The lowest BCUT2D eigenvalue weighted by molar-refractivity contribution is -0.00754. The maximum atomic E-state index is 12.8. The Bertz CT molecular complexity index is 656. The molecule has 1 aromatic carbocycles. The van der Waals surface area contributed by atoms with Gasteiger partial charge in [0.1, 0.15) is 17.0 Å². The number of fused-ring (bicyclic) bond motifs is 1. The average molecular weight is 363 g/mol. The molecule has 0 saturated carbocycles. The zero-order chi connectivity index (χ0) is 19.7. The van der Waals surface area contributed by atoms with E-state index in [4.69, 9.17) is 14.2 Å². The lowest BCUT2D eigenvalue weighted by Gasteiger charge is -2.32. The lowest BCUT2D eigenvalue weighted by atomic mass is 10.1. The number of nitrogens with zero attached hydrogens (tertiary/aromatic N) is 1. The summed E-state index contributed by atoms with van der Waals surface area (Å²) in [6.07, 6.45) is -0.00702. The molecule has 1 unspecified atom stereocenters. The van der Waals surface area contributed by atoms with Gasteiger partial charge in [-0.3, -0.25) is 0 Å². The molecule has 0 fully saturated rings. The molecule has 0 spiro atoms. The monoisotopic (exact) mass is 363 g/mol. The number of ether oxygens (including phenoxy) is 3. The fourth-order valence-corrected chi connectivity index (χ4v) is 2.90. The Labute approximate surface area is 155 Å². The zero-order valence-corrected chi connectivity index (χ0v) is 16.7. The van der Waals surface area contributed by atoms with Crippen LogP contribution in [0.1, 0.15) is 65.1 Å². The number of methoxy groups -OCH3 is 1. The third-order valence-corrected chi connectivity index (χ3v) is 3.89. The van der Waals surface area contributed by atoms with Crippen molar-refractivity contribution in [1.82, 2.24) is 4.90 Å². The molecule has 1 aliphatic rings. The maximum Gasteiger partial charge on any atom is 0.420 e. The van der Waals surface area contributed by atoms with Crippen LogP contribution in [0.25, 0.3) is 0 Å². The van der Waals surface area contributed by atoms with Crippen LogP contribution in [0.15, 0.2) is 18.2 Å². The summed E-state index contributed by atoms with van der Waals surface area (Å²) in [5, 5.41) is 0. The van der Waals surface area contributed by atoms with E-state index < -0.39 is 29.4 Å². The molecule has 26 heavy (non-hydrogen) atoms. The molecule has 1 atom stereocenters. The number of hydrogen-bond donors (Lipinski definition) is 0. The Kier molecular flexibility index (Phi) is 5.54. The predicted molar refractivity (Wildman–Crippen MR) is 98.4 cm³/mol. The minimum absolute atomic E-state index is 0.440. The smallest absolute Gasteiger partial charge is 0.420 e. The Hall–Kier alpha value is -2.24. The fourth-order valence-electron chi connectivity index (χ4n) is 2.90. The van der Waals surface area contributed by atoms with Crippen molar-refractivity contribution in [3.8, 4) is 5.75 Å². The van der Waals surface area contributed by atoms with Crippen molar-refractivity contribution >= 4 is 12.2 Å². The summed E-state index contributed by atoms with van der Waals surface area (Å²) >= 11 is 0. The molecule has 0 saturated heterocycles. The van der Waals surface area contributed by atoms with E-state index in [0.29, 0.717) is 12.2 Å². The molecule has 1 aromatic rings. The molecule has 0 N–H and O–H groups in total. The van der Waals surface area contributed by atoms with E-state index in [9.17, 15) is 9.59 Å². The van der Waals surface area contributed by atoms with Crippen LogP contribution < -0.4 is 4.74 Å². The predicted octanol–water partition coefficient (Wildman–Crippen LogP) is 4.85. The highest BCUT2D eigenvalue weighted by Crippen LogP contribution is 2.39. The van der Waals surface area contributed by atoms with Gasteiger partial charge in [0.25, 0.3) is 0 Å². The Balaban J connectivity index is 2.39. The second kappa shape index (κ2) is 7.17. The van der Waals surface area contributed by atoms with Crippen LogP contribution in [-0.4, -0.2) is 35.4 Å². The number of aryl methyl sites for hydroxylation is 1. The summed E-state index contributed by atoms with van der Waals surface area (Å²) in [5.74, 6) is 0.684. The van der Waals surface area contributed by atoms with Gasteiger partial charge in [0, 0.05) is 0 Å². The Morgan fingerprint density at radius 1 is 1.00 bits per heavy atom. The van der Waals surface area contributed by atoms with Crippen LogP contribution in [0.2, 0.25) is 0 Å². The highest BCUT2D eigenvalue weighted by molar-refractivity contribution is 5.89. The van der Waals surface area contributed by atoms with E-state index in [1.807, 2.05) is 18.2 Å². The average Bonchev–Trinajstić information content (AvgIpc) is 2.86. The Morgan fingerprint density at radius 2 is 1.54 bits per heavy atom. The first kappa shape index (κ1) is 20.1. The minimum Gasteiger partial charge on any atom is -0.497 e. The second-order valence-corrected chi connectivity index (χ2v) is 8.45. The number of carbonyl (C=O) groups is 2. The van der Waals surface area contributed by atoms with Gasteiger partial charge in [-0.05, 0) is 77.6 Å². The van der Waals surface area contributed by atoms with Crippen molar-refractivity contribution in [2.75, 3.05) is 7.11 Å². The highest BCUT2D eigenvalue weighted by atomic mass is 16.6. The molecule has 0 radical (unpaired) electrons. The molecule has 0 heterocycles. The summed E-state index contributed by atoms with van der Waals surface area (Å²) < 4.78 is 16.2. The van der Waals surface area contributed by atoms with E-state index in [0.717, 1.165) is 22.4 Å². The molecule has 6 heteroatoms. The van der Waals surface area contributed by atoms with Crippen molar-refractivity contribution in [3.05, 3.63) is 29.3 Å². The van der Waals surface area contributed by atoms with Crippen molar-refractivity contribution in [2.24, 2.45) is 0 Å². The number of imide groups is 1. The Morgan fingerprint density at radius 3 is 2.00 bits per heavy atom. The van der Waals surface area contributed by atoms with Crippen LogP contribution in [0.3, 0.4) is 0 Å². The molecule has 2 rings (SSSR count). The standard InChI is InChI=1S/C20H29NO5/c1-19(2,3)25-17(22)21(18(23)26-20(4,5)6)16-11-9-13-8-10-14(24-7)12-15(13)16/h8,10,12,16H,9,11H2,1-7H3. The van der Waals surface area contributed by atoms with Crippen molar-refractivity contribution in [3.63, 3.8) is 0 Å². The largest absolute Gasteiger partial charge is 0.497 e. The molecule has 6 nitrogen and oxygen atoms in total. The molecule has 144 valence electrons. The van der Waals surface area contributed by atoms with Crippen LogP contribution in [0.5, 0.6) is 5.75 Å². The third-order valence-electron chi connectivity index (χ3n) is 3.89. The van der Waals surface area contributed by atoms with Gasteiger partial charge >= 0.3 is 12.2 Å².